The smallest absolute Gasteiger partial charge is 0.127 e. The van der Waals surface area contributed by atoms with Gasteiger partial charge in [-0.25, -0.2) is 0 Å². The Morgan fingerprint density at radius 2 is 2.18 bits per heavy atom. The molecule has 1 aliphatic rings. The molecule has 0 atom stereocenters. The van der Waals surface area contributed by atoms with Crippen molar-refractivity contribution in [1.29, 1.82) is 0 Å². The van der Waals surface area contributed by atoms with E-state index in [1.165, 1.54) is 31.1 Å². The molecule has 2 rings (SSSR count). The quantitative estimate of drug-likeness (QED) is 0.736. The molecule has 3 heteroatoms. The minimum Gasteiger partial charge on any atom is -0.472 e. The van der Waals surface area contributed by atoms with E-state index in [2.05, 4.69) is 11.9 Å². The van der Waals surface area contributed by atoms with Gasteiger partial charge in [0.2, 0.25) is 0 Å². The van der Waals surface area contributed by atoms with Crippen molar-refractivity contribution in [2.45, 2.75) is 38.6 Å². The Morgan fingerprint density at radius 1 is 1.41 bits per heavy atom. The summed E-state index contributed by atoms with van der Waals surface area (Å²) in [6, 6.07) is 1.98. The average Bonchev–Trinajstić information content (AvgIpc) is 2.83. The van der Waals surface area contributed by atoms with Gasteiger partial charge in [-0.15, -0.1) is 0 Å². The maximum Gasteiger partial charge on any atom is 0.127 e. The van der Waals surface area contributed by atoms with Crippen molar-refractivity contribution in [3.8, 4) is 0 Å². The fraction of sp³-hybridized carbons (Fsp3) is 0.643. The van der Waals surface area contributed by atoms with E-state index in [4.69, 9.17) is 4.42 Å². The molecule has 1 aromatic heterocycles. The van der Waals surface area contributed by atoms with E-state index in [0.29, 0.717) is 0 Å². The number of carbonyl (C=O) groups excluding carboxylic acids is 1. The summed E-state index contributed by atoms with van der Waals surface area (Å²) in [4.78, 5) is 13.6. The first-order valence-electron chi connectivity index (χ1n) is 6.40. The fourth-order valence-electron chi connectivity index (χ4n) is 2.86. The topological polar surface area (TPSA) is 33.5 Å². The highest BCUT2D eigenvalue weighted by Crippen LogP contribution is 2.35. The van der Waals surface area contributed by atoms with E-state index in [1.54, 1.807) is 12.5 Å². The second kappa shape index (κ2) is 5.50. The second-order valence-corrected chi connectivity index (χ2v) is 5.34. The summed E-state index contributed by atoms with van der Waals surface area (Å²) in [5.41, 5.74) is 1.07. The molecule has 1 fully saturated rings. The maximum atomic E-state index is 11.4. The average molecular weight is 235 g/mol. The van der Waals surface area contributed by atoms with Gasteiger partial charge in [-0.2, -0.15) is 0 Å². The highest BCUT2D eigenvalue weighted by molar-refractivity contribution is 5.60. The summed E-state index contributed by atoms with van der Waals surface area (Å²) in [6.07, 6.45) is 10.4. The van der Waals surface area contributed by atoms with Crippen molar-refractivity contribution in [2.24, 2.45) is 5.41 Å². The highest BCUT2D eigenvalue weighted by atomic mass is 16.3. The third kappa shape index (κ3) is 3.19. The minimum absolute atomic E-state index is 0.100. The lowest BCUT2D eigenvalue weighted by Crippen LogP contribution is -2.38. The van der Waals surface area contributed by atoms with E-state index in [-0.39, 0.29) is 5.41 Å². The Labute approximate surface area is 103 Å². The third-order valence-corrected chi connectivity index (χ3v) is 3.72. The van der Waals surface area contributed by atoms with Crippen LogP contribution < -0.4 is 0 Å². The van der Waals surface area contributed by atoms with Crippen LogP contribution in [0.3, 0.4) is 0 Å². The van der Waals surface area contributed by atoms with Crippen molar-refractivity contribution in [3.05, 3.63) is 24.2 Å². The van der Waals surface area contributed by atoms with Gasteiger partial charge in [0.05, 0.1) is 12.5 Å². The van der Waals surface area contributed by atoms with E-state index < -0.39 is 0 Å². The van der Waals surface area contributed by atoms with Gasteiger partial charge in [-0.05, 0) is 26.0 Å². The van der Waals surface area contributed by atoms with Gasteiger partial charge in [-0.1, -0.05) is 19.3 Å². The summed E-state index contributed by atoms with van der Waals surface area (Å²) in [5, 5.41) is 0. The summed E-state index contributed by atoms with van der Waals surface area (Å²) in [5.74, 6) is 0. The molecule has 0 unspecified atom stereocenters. The van der Waals surface area contributed by atoms with E-state index >= 15 is 0 Å². The molecule has 3 nitrogen and oxygen atoms in total. The van der Waals surface area contributed by atoms with Crippen LogP contribution in [0.25, 0.3) is 0 Å². The van der Waals surface area contributed by atoms with Gasteiger partial charge in [0.15, 0.2) is 0 Å². The van der Waals surface area contributed by atoms with Gasteiger partial charge in [0.25, 0.3) is 0 Å². The van der Waals surface area contributed by atoms with Gasteiger partial charge in [0, 0.05) is 24.1 Å². The fourth-order valence-corrected chi connectivity index (χ4v) is 2.86. The Balaban J connectivity index is 1.91. The number of hydrogen-bond donors (Lipinski definition) is 0. The first-order chi connectivity index (χ1) is 8.24. The highest BCUT2D eigenvalue weighted by Gasteiger charge is 2.32. The molecule has 1 aliphatic carbocycles. The third-order valence-electron chi connectivity index (χ3n) is 3.72. The molecular formula is C14H21NO2. The largest absolute Gasteiger partial charge is 0.472 e. The molecule has 0 N–H and O–H groups in total. The van der Waals surface area contributed by atoms with Crippen molar-refractivity contribution < 1.29 is 9.21 Å². The Bertz CT molecular complexity index is 339. The van der Waals surface area contributed by atoms with Crippen LogP contribution in [0.1, 0.15) is 37.7 Å². The SMILES string of the molecule is CN(Cc1ccoc1)CC1(C=O)CCCCC1. The normalized spacial score (nSPS) is 19.4. The molecular weight excluding hydrogens is 214 g/mol. The number of furan rings is 1. The molecule has 0 saturated heterocycles. The first-order valence-corrected chi connectivity index (χ1v) is 6.40. The Morgan fingerprint density at radius 3 is 2.76 bits per heavy atom. The van der Waals surface area contributed by atoms with Gasteiger partial charge in [-0.3, -0.25) is 0 Å². The lowest BCUT2D eigenvalue weighted by Gasteiger charge is -2.35. The van der Waals surface area contributed by atoms with Crippen LogP contribution in [0.2, 0.25) is 0 Å². The van der Waals surface area contributed by atoms with Crippen LogP contribution >= 0.6 is 0 Å². The monoisotopic (exact) mass is 235 g/mol. The molecule has 94 valence electrons. The number of hydrogen-bond acceptors (Lipinski definition) is 3. The van der Waals surface area contributed by atoms with E-state index in [1.807, 2.05) is 6.07 Å². The lowest BCUT2D eigenvalue weighted by molar-refractivity contribution is -0.119. The molecule has 0 bridgehead atoms. The second-order valence-electron chi connectivity index (χ2n) is 5.34. The molecule has 0 aliphatic heterocycles. The summed E-state index contributed by atoms with van der Waals surface area (Å²) >= 11 is 0. The maximum absolute atomic E-state index is 11.4. The van der Waals surface area contributed by atoms with Crippen LogP contribution in [0, 0.1) is 5.41 Å². The van der Waals surface area contributed by atoms with E-state index in [0.717, 1.165) is 25.9 Å². The summed E-state index contributed by atoms with van der Waals surface area (Å²) < 4.78 is 5.06. The molecule has 1 aromatic rings. The predicted molar refractivity (Wildman–Crippen MR) is 66.6 cm³/mol. The molecule has 0 aromatic carbocycles. The van der Waals surface area contributed by atoms with Crippen LogP contribution in [0.5, 0.6) is 0 Å². The standard InChI is InChI=1S/C14H21NO2/c1-15(9-13-5-8-17-10-13)11-14(12-16)6-3-2-4-7-14/h5,8,10,12H,2-4,6-7,9,11H2,1H3. The van der Waals surface area contributed by atoms with Crippen LogP contribution in [-0.4, -0.2) is 24.8 Å². The summed E-state index contributed by atoms with van der Waals surface area (Å²) in [6.45, 7) is 1.72. The summed E-state index contributed by atoms with van der Waals surface area (Å²) in [7, 11) is 2.08. The molecule has 17 heavy (non-hydrogen) atoms. The number of nitrogens with zero attached hydrogens (tertiary/aromatic N) is 1. The van der Waals surface area contributed by atoms with Crippen molar-refractivity contribution in [1.82, 2.24) is 4.90 Å². The van der Waals surface area contributed by atoms with Crippen molar-refractivity contribution >= 4 is 6.29 Å². The predicted octanol–water partition coefficient (Wildman–Crippen LogP) is 2.86. The molecule has 0 spiro atoms. The van der Waals surface area contributed by atoms with Crippen LogP contribution in [-0.2, 0) is 11.3 Å². The van der Waals surface area contributed by atoms with E-state index in [9.17, 15) is 4.79 Å². The minimum atomic E-state index is -0.100. The van der Waals surface area contributed by atoms with Crippen molar-refractivity contribution in [2.75, 3.05) is 13.6 Å². The Hall–Kier alpha value is -1.09. The zero-order valence-electron chi connectivity index (χ0n) is 10.5. The molecule has 1 saturated carbocycles. The number of carbonyl (C=O) groups is 1. The zero-order chi connectivity index (χ0) is 12.1. The molecule has 0 amide bonds. The lowest BCUT2D eigenvalue weighted by atomic mass is 9.75. The van der Waals surface area contributed by atoms with Crippen LogP contribution in [0.15, 0.2) is 23.0 Å². The van der Waals surface area contributed by atoms with Gasteiger partial charge >= 0.3 is 0 Å². The molecule has 1 heterocycles. The Kier molecular flexibility index (Phi) is 4.00. The van der Waals surface area contributed by atoms with Gasteiger partial charge < -0.3 is 14.1 Å². The van der Waals surface area contributed by atoms with Gasteiger partial charge in [0.1, 0.15) is 6.29 Å². The van der Waals surface area contributed by atoms with Crippen LogP contribution in [0.4, 0.5) is 0 Å². The number of aldehydes is 1. The first kappa shape index (κ1) is 12.4. The molecule has 0 radical (unpaired) electrons. The van der Waals surface area contributed by atoms with Crippen molar-refractivity contribution in [3.63, 3.8) is 0 Å². The zero-order valence-corrected chi connectivity index (χ0v) is 10.5. The number of rotatable bonds is 5.